The number of hydrogen-bond acceptors (Lipinski definition) is 2. The first-order chi connectivity index (χ1) is 9.34. The van der Waals surface area contributed by atoms with Gasteiger partial charge in [0.1, 0.15) is 16.9 Å². The first-order valence-electron chi connectivity index (χ1n) is 6.72. The number of halogens is 2. The fourth-order valence-electron chi connectivity index (χ4n) is 2.66. The van der Waals surface area contributed by atoms with Crippen LogP contribution in [0, 0.1) is 17.7 Å². The Morgan fingerprint density at radius 2 is 1.95 bits per heavy atom. The van der Waals surface area contributed by atoms with Gasteiger partial charge in [0, 0.05) is 13.1 Å². The van der Waals surface area contributed by atoms with Crippen LogP contribution >= 0.6 is 0 Å². The lowest BCUT2D eigenvalue weighted by Gasteiger charge is -2.35. The summed E-state index contributed by atoms with van der Waals surface area (Å²) in [6.45, 7) is 3.90. The molecule has 1 heterocycles. The summed E-state index contributed by atoms with van der Waals surface area (Å²) in [5.41, 5.74) is 0. The zero-order chi connectivity index (χ0) is 14.9. The van der Waals surface area contributed by atoms with Crippen LogP contribution < -0.4 is 0 Å². The van der Waals surface area contributed by atoms with Crippen LogP contribution in [-0.2, 0) is 10.0 Å². The number of nitrogens with zero attached hydrogens (tertiary/aromatic N) is 1. The van der Waals surface area contributed by atoms with Crippen molar-refractivity contribution in [2.75, 3.05) is 13.1 Å². The van der Waals surface area contributed by atoms with Crippen LogP contribution in [-0.4, -0.2) is 32.0 Å². The zero-order valence-corrected chi connectivity index (χ0v) is 12.4. The summed E-state index contributed by atoms with van der Waals surface area (Å²) in [6.07, 6.45) is -0.739. The smallest absolute Gasteiger partial charge is 0.246 e. The lowest BCUT2D eigenvalue weighted by atomic mass is 9.86. The summed E-state index contributed by atoms with van der Waals surface area (Å²) in [7, 11) is -3.96. The molecule has 1 aromatic rings. The van der Waals surface area contributed by atoms with Crippen LogP contribution in [0.15, 0.2) is 29.2 Å². The molecular formula is C14H19F2NO2S. The summed E-state index contributed by atoms with van der Waals surface area (Å²) in [6, 6.07) is 5.20. The number of hydrogen-bond donors (Lipinski definition) is 0. The van der Waals surface area contributed by atoms with Crippen molar-refractivity contribution in [3.63, 3.8) is 0 Å². The second kappa shape index (κ2) is 5.77. The topological polar surface area (TPSA) is 37.4 Å². The molecule has 2 atom stereocenters. The van der Waals surface area contributed by atoms with E-state index in [2.05, 4.69) is 0 Å². The number of piperidine rings is 1. The number of alkyl halides is 1. The van der Waals surface area contributed by atoms with E-state index in [1.165, 1.54) is 18.2 Å². The molecule has 2 rings (SSSR count). The SMILES string of the molecule is CC(C)[C@@H]1CCN(S(=O)(=O)c2ccccc2F)C[C@H]1F. The van der Waals surface area contributed by atoms with Gasteiger partial charge in [-0.3, -0.25) is 0 Å². The quantitative estimate of drug-likeness (QED) is 0.861. The predicted molar refractivity (Wildman–Crippen MR) is 73.0 cm³/mol. The van der Waals surface area contributed by atoms with Gasteiger partial charge in [0.05, 0.1) is 0 Å². The third-order valence-electron chi connectivity index (χ3n) is 3.87. The maximum atomic E-state index is 14.1. The minimum Gasteiger partial charge on any atom is -0.246 e. The van der Waals surface area contributed by atoms with E-state index < -0.39 is 22.0 Å². The number of rotatable bonds is 3. The highest BCUT2D eigenvalue weighted by atomic mass is 32.2. The van der Waals surface area contributed by atoms with Crippen LogP contribution in [0.4, 0.5) is 8.78 Å². The minimum absolute atomic E-state index is 0.137. The van der Waals surface area contributed by atoms with Gasteiger partial charge in [0.2, 0.25) is 10.0 Å². The summed E-state index contributed by atoms with van der Waals surface area (Å²) >= 11 is 0. The Hall–Kier alpha value is -1.01. The van der Waals surface area contributed by atoms with Crippen molar-refractivity contribution in [1.29, 1.82) is 0 Å². The van der Waals surface area contributed by atoms with Crippen LogP contribution in [0.2, 0.25) is 0 Å². The lowest BCUT2D eigenvalue weighted by molar-refractivity contribution is 0.101. The Balaban J connectivity index is 2.23. The third kappa shape index (κ3) is 2.86. The van der Waals surface area contributed by atoms with E-state index in [-0.39, 0.29) is 29.8 Å². The van der Waals surface area contributed by atoms with E-state index in [4.69, 9.17) is 0 Å². The van der Waals surface area contributed by atoms with E-state index in [0.29, 0.717) is 6.42 Å². The lowest BCUT2D eigenvalue weighted by Crippen LogP contribution is -2.46. The molecule has 3 nitrogen and oxygen atoms in total. The second-order valence-corrected chi connectivity index (χ2v) is 7.41. The molecule has 20 heavy (non-hydrogen) atoms. The molecule has 1 aliphatic heterocycles. The molecule has 0 spiro atoms. The molecule has 0 aliphatic carbocycles. The highest BCUT2D eigenvalue weighted by Crippen LogP contribution is 2.30. The monoisotopic (exact) mass is 303 g/mol. The van der Waals surface area contributed by atoms with Gasteiger partial charge in [-0.25, -0.2) is 17.2 Å². The van der Waals surface area contributed by atoms with Gasteiger partial charge in [0.25, 0.3) is 0 Å². The molecule has 0 saturated carbocycles. The Kier molecular flexibility index (Phi) is 4.44. The summed E-state index contributed by atoms with van der Waals surface area (Å²) in [5.74, 6) is -0.765. The van der Waals surface area contributed by atoms with Crippen LogP contribution in [0.5, 0.6) is 0 Å². The molecule has 1 aromatic carbocycles. The van der Waals surface area contributed by atoms with Crippen molar-refractivity contribution in [2.45, 2.75) is 31.3 Å². The van der Waals surface area contributed by atoms with Gasteiger partial charge in [-0.05, 0) is 30.4 Å². The average Bonchev–Trinajstić information content (AvgIpc) is 2.38. The average molecular weight is 303 g/mol. The van der Waals surface area contributed by atoms with Crippen molar-refractivity contribution < 1.29 is 17.2 Å². The number of benzene rings is 1. The van der Waals surface area contributed by atoms with Gasteiger partial charge >= 0.3 is 0 Å². The Bertz CT molecular complexity index is 574. The Labute approximate surface area is 118 Å². The maximum absolute atomic E-state index is 14.1. The van der Waals surface area contributed by atoms with Gasteiger partial charge in [-0.1, -0.05) is 26.0 Å². The van der Waals surface area contributed by atoms with E-state index in [1.54, 1.807) is 0 Å². The van der Waals surface area contributed by atoms with Crippen molar-refractivity contribution in [3.8, 4) is 0 Å². The van der Waals surface area contributed by atoms with Gasteiger partial charge in [-0.2, -0.15) is 4.31 Å². The Morgan fingerprint density at radius 3 is 2.50 bits per heavy atom. The molecule has 1 aliphatic rings. The summed E-state index contributed by atoms with van der Waals surface area (Å²) in [5, 5.41) is 0. The highest BCUT2D eigenvalue weighted by molar-refractivity contribution is 7.89. The van der Waals surface area contributed by atoms with Crippen LogP contribution in [0.1, 0.15) is 20.3 Å². The van der Waals surface area contributed by atoms with Crippen molar-refractivity contribution in [2.24, 2.45) is 11.8 Å². The van der Waals surface area contributed by atoms with E-state index in [1.807, 2.05) is 13.8 Å². The fourth-order valence-corrected chi connectivity index (χ4v) is 4.19. The summed E-state index contributed by atoms with van der Waals surface area (Å²) in [4.78, 5) is -0.379. The van der Waals surface area contributed by atoms with Gasteiger partial charge < -0.3 is 0 Å². The zero-order valence-electron chi connectivity index (χ0n) is 11.6. The molecule has 0 aromatic heterocycles. The third-order valence-corrected chi connectivity index (χ3v) is 5.76. The van der Waals surface area contributed by atoms with E-state index in [9.17, 15) is 17.2 Å². The van der Waals surface area contributed by atoms with Crippen molar-refractivity contribution >= 4 is 10.0 Å². The highest BCUT2D eigenvalue weighted by Gasteiger charge is 2.37. The van der Waals surface area contributed by atoms with Gasteiger partial charge in [0.15, 0.2) is 0 Å². The molecule has 0 unspecified atom stereocenters. The molecule has 1 fully saturated rings. The van der Waals surface area contributed by atoms with E-state index >= 15 is 0 Å². The largest absolute Gasteiger partial charge is 0.246 e. The molecule has 6 heteroatoms. The standard InChI is InChI=1S/C14H19F2NO2S/c1-10(2)11-7-8-17(9-13(11)16)20(18,19)14-6-4-3-5-12(14)15/h3-6,10-11,13H,7-9H2,1-2H3/t11-,13+/m0/s1. The summed E-state index contributed by atoms with van der Waals surface area (Å²) < 4.78 is 53.5. The molecule has 0 bridgehead atoms. The molecule has 0 N–H and O–H groups in total. The molecule has 0 amide bonds. The van der Waals surface area contributed by atoms with Crippen LogP contribution in [0.25, 0.3) is 0 Å². The minimum atomic E-state index is -3.96. The molecule has 0 radical (unpaired) electrons. The Morgan fingerprint density at radius 1 is 1.30 bits per heavy atom. The van der Waals surface area contributed by atoms with Crippen LogP contribution in [0.3, 0.4) is 0 Å². The normalized spacial score (nSPS) is 25.1. The molecular weight excluding hydrogens is 284 g/mol. The van der Waals surface area contributed by atoms with Crippen molar-refractivity contribution in [1.82, 2.24) is 4.31 Å². The maximum Gasteiger partial charge on any atom is 0.246 e. The second-order valence-electron chi connectivity index (χ2n) is 5.51. The number of sulfonamides is 1. The first kappa shape index (κ1) is 15.4. The van der Waals surface area contributed by atoms with Gasteiger partial charge in [-0.15, -0.1) is 0 Å². The molecule has 112 valence electrons. The van der Waals surface area contributed by atoms with Crippen molar-refractivity contribution in [3.05, 3.63) is 30.1 Å². The molecule has 1 saturated heterocycles. The first-order valence-corrected chi connectivity index (χ1v) is 8.16. The van der Waals surface area contributed by atoms with E-state index in [0.717, 1.165) is 10.4 Å². The predicted octanol–water partition coefficient (Wildman–Crippen LogP) is 2.83. The fraction of sp³-hybridized carbons (Fsp3) is 0.571.